The zero-order valence-corrected chi connectivity index (χ0v) is 12.5. The van der Waals surface area contributed by atoms with Crippen molar-refractivity contribution < 1.29 is 36.5 Å². The van der Waals surface area contributed by atoms with E-state index >= 15 is 0 Å². The molecule has 1 saturated heterocycles. The second kappa shape index (κ2) is 5.39. The van der Waals surface area contributed by atoms with E-state index in [1.165, 1.54) is 0 Å². The van der Waals surface area contributed by atoms with Crippen LogP contribution in [-0.4, -0.2) is 35.4 Å². The second-order valence-corrected chi connectivity index (χ2v) is 6.60. The summed E-state index contributed by atoms with van der Waals surface area (Å²) in [7, 11) is 0. The van der Waals surface area contributed by atoms with Crippen LogP contribution in [-0.2, 0) is 9.47 Å². The molecule has 3 rings (SSSR count). The SMILES string of the molecule is CCCC1OC(C2CC3C=CC2C3)C(F)(F)C(O)(C(F)(F)F)O1. The Balaban J connectivity index is 1.95. The Kier molecular flexibility index (Phi) is 4.01. The van der Waals surface area contributed by atoms with E-state index in [2.05, 4.69) is 4.74 Å². The monoisotopic (exact) mass is 342 g/mol. The molecule has 2 aliphatic carbocycles. The quantitative estimate of drug-likeness (QED) is 0.629. The number of rotatable bonds is 3. The highest BCUT2D eigenvalue weighted by molar-refractivity contribution is 5.14. The van der Waals surface area contributed by atoms with Crippen LogP contribution in [0, 0.1) is 17.8 Å². The third kappa shape index (κ3) is 2.49. The summed E-state index contributed by atoms with van der Waals surface area (Å²) in [5, 5.41) is 9.74. The molecule has 0 spiro atoms. The molecule has 1 heterocycles. The fraction of sp³-hybridized carbons (Fsp3) is 0.867. The van der Waals surface area contributed by atoms with E-state index in [-0.39, 0.29) is 18.3 Å². The van der Waals surface area contributed by atoms with Crippen LogP contribution in [0.2, 0.25) is 0 Å². The summed E-state index contributed by atoms with van der Waals surface area (Å²) in [5.41, 5.74) is 0. The molecule has 1 saturated carbocycles. The van der Waals surface area contributed by atoms with E-state index < -0.39 is 36.2 Å². The van der Waals surface area contributed by atoms with Crippen molar-refractivity contribution in [3.8, 4) is 0 Å². The minimum atomic E-state index is -5.61. The minimum Gasteiger partial charge on any atom is -0.354 e. The zero-order valence-electron chi connectivity index (χ0n) is 12.5. The molecule has 3 aliphatic rings. The number of hydrogen-bond acceptors (Lipinski definition) is 3. The van der Waals surface area contributed by atoms with Crippen LogP contribution in [0.25, 0.3) is 0 Å². The van der Waals surface area contributed by atoms with Gasteiger partial charge in [-0.05, 0) is 37.0 Å². The van der Waals surface area contributed by atoms with Gasteiger partial charge in [0.05, 0.1) is 0 Å². The highest BCUT2D eigenvalue weighted by Crippen LogP contribution is 2.56. The Morgan fingerprint density at radius 2 is 1.91 bits per heavy atom. The van der Waals surface area contributed by atoms with Crippen molar-refractivity contribution in [2.45, 2.75) is 62.9 Å². The maximum atomic E-state index is 14.6. The van der Waals surface area contributed by atoms with Crippen LogP contribution in [0.1, 0.15) is 32.6 Å². The number of fused-ring (bicyclic) bond motifs is 2. The van der Waals surface area contributed by atoms with Gasteiger partial charge in [-0.25, -0.2) is 0 Å². The Labute approximate surface area is 130 Å². The molecule has 1 N–H and O–H groups in total. The van der Waals surface area contributed by atoms with Gasteiger partial charge in [0.25, 0.3) is 0 Å². The fourth-order valence-electron chi connectivity index (χ4n) is 3.90. The topological polar surface area (TPSA) is 38.7 Å². The number of halogens is 5. The highest BCUT2D eigenvalue weighted by Gasteiger charge is 2.78. The third-order valence-electron chi connectivity index (χ3n) is 5.04. The smallest absolute Gasteiger partial charge is 0.354 e. The van der Waals surface area contributed by atoms with Crippen molar-refractivity contribution in [2.24, 2.45) is 17.8 Å². The van der Waals surface area contributed by atoms with Gasteiger partial charge in [0.2, 0.25) is 0 Å². The lowest BCUT2D eigenvalue weighted by molar-refractivity contribution is -0.507. The number of alkyl halides is 5. The molecule has 0 amide bonds. The van der Waals surface area contributed by atoms with Gasteiger partial charge in [-0.3, -0.25) is 0 Å². The second-order valence-electron chi connectivity index (χ2n) is 6.60. The molecule has 0 aromatic heterocycles. The van der Waals surface area contributed by atoms with Crippen molar-refractivity contribution in [3.63, 3.8) is 0 Å². The Morgan fingerprint density at radius 1 is 1.22 bits per heavy atom. The average molecular weight is 342 g/mol. The van der Waals surface area contributed by atoms with E-state index in [4.69, 9.17) is 4.74 Å². The molecule has 1 aliphatic heterocycles. The van der Waals surface area contributed by atoms with Gasteiger partial charge in [0, 0.05) is 0 Å². The van der Waals surface area contributed by atoms with Crippen molar-refractivity contribution in [2.75, 3.05) is 0 Å². The first-order chi connectivity index (χ1) is 10.6. The summed E-state index contributed by atoms with van der Waals surface area (Å²) < 4.78 is 78.1. The largest absolute Gasteiger partial charge is 0.449 e. The van der Waals surface area contributed by atoms with Crippen molar-refractivity contribution in [1.29, 1.82) is 0 Å². The molecule has 6 unspecified atom stereocenters. The first-order valence-electron chi connectivity index (χ1n) is 7.78. The molecule has 2 fully saturated rings. The lowest BCUT2D eigenvalue weighted by Gasteiger charge is -2.49. The first kappa shape index (κ1) is 17.1. The summed E-state index contributed by atoms with van der Waals surface area (Å²) in [4.78, 5) is 0. The van der Waals surface area contributed by atoms with E-state index in [9.17, 15) is 27.1 Å². The minimum absolute atomic E-state index is 0.00161. The summed E-state index contributed by atoms with van der Waals surface area (Å²) in [6.45, 7) is 1.67. The molecule has 0 radical (unpaired) electrons. The Hall–Kier alpha value is -0.730. The van der Waals surface area contributed by atoms with Crippen LogP contribution in [0.4, 0.5) is 22.0 Å². The van der Waals surface area contributed by atoms with E-state index in [0.717, 1.165) is 0 Å². The number of hydrogen-bond donors (Lipinski definition) is 1. The summed E-state index contributed by atoms with van der Waals surface area (Å²) in [6, 6.07) is 0. The average Bonchev–Trinajstić information content (AvgIpc) is 3.04. The maximum absolute atomic E-state index is 14.6. The van der Waals surface area contributed by atoms with Gasteiger partial charge in [0.1, 0.15) is 6.10 Å². The predicted octanol–water partition coefficient (Wildman–Crippen LogP) is 3.63. The third-order valence-corrected chi connectivity index (χ3v) is 5.04. The molecular weight excluding hydrogens is 323 g/mol. The molecule has 132 valence electrons. The molecule has 0 aromatic rings. The van der Waals surface area contributed by atoms with Crippen molar-refractivity contribution >= 4 is 0 Å². The van der Waals surface area contributed by atoms with Crippen molar-refractivity contribution in [3.05, 3.63) is 12.2 Å². The molecular formula is C15H19F5O3. The first-order valence-corrected chi connectivity index (χ1v) is 7.78. The Bertz CT molecular complexity index is 492. The van der Waals surface area contributed by atoms with Gasteiger partial charge >= 0.3 is 17.9 Å². The lowest BCUT2D eigenvalue weighted by Crippen LogP contribution is -2.71. The van der Waals surface area contributed by atoms with Gasteiger partial charge < -0.3 is 14.6 Å². The van der Waals surface area contributed by atoms with Gasteiger partial charge in [-0.1, -0.05) is 25.5 Å². The van der Waals surface area contributed by atoms with E-state index in [0.29, 0.717) is 19.3 Å². The molecule has 0 aromatic carbocycles. The number of ether oxygens (including phenoxy) is 2. The molecule has 6 atom stereocenters. The Morgan fingerprint density at radius 3 is 2.39 bits per heavy atom. The van der Waals surface area contributed by atoms with E-state index in [1.54, 1.807) is 13.0 Å². The van der Waals surface area contributed by atoms with E-state index in [1.807, 2.05) is 6.08 Å². The van der Waals surface area contributed by atoms with Crippen LogP contribution in [0.5, 0.6) is 0 Å². The number of allylic oxidation sites excluding steroid dienone is 2. The molecule has 23 heavy (non-hydrogen) atoms. The molecule has 3 nitrogen and oxygen atoms in total. The molecule has 2 bridgehead atoms. The van der Waals surface area contributed by atoms with Crippen LogP contribution in [0.3, 0.4) is 0 Å². The van der Waals surface area contributed by atoms with Crippen LogP contribution >= 0.6 is 0 Å². The van der Waals surface area contributed by atoms with Crippen LogP contribution in [0.15, 0.2) is 12.2 Å². The summed E-state index contributed by atoms with van der Waals surface area (Å²) in [5.74, 6) is -9.99. The normalized spacial score (nSPS) is 45.6. The summed E-state index contributed by atoms with van der Waals surface area (Å²) in [6.07, 6.45) is -4.10. The number of aliphatic hydroxyl groups is 1. The maximum Gasteiger partial charge on any atom is 0.449 e. The zero-order chi connectivity index (χ0) is 17.0. The van der Waals surface area contributed by atoms with Gasteiger partial charge in [0.15, 0.2) is 6.29 Å². The van der Waals surface area contributed by atoms with Gasteiger partial charge in [-0.15, -0.1) is 0 Å². The van der Waals surface area contributed by atoms with Gasteiger partial charge in [-0.2, -0.15) is 22.0 Å². The van der Waals surface area contributed by atoms with Crippen molar-refractivity contribution in [1.82, 2.24) is 0 Å². The highest BCUT2D eigenvalue weighted by atomic mass is 19.4. The standard InChI is InChI=1S/C15H19F5O3/c1-2-3-11-22-12(10-7-8-4-5-9(10)6-8)13(16,17)14(21,23-11)15(18,19)20/h4-5,8-12,21H,2-3,6-7H2,1H3. The van der Waals surface area contributed by atoms with Crippen LogP contribution < -0.4 is 0 Å². The predicted molar refractivity (Wildman–Crippen MR) is 69.4 cm³/mol. The fourth-order valence-corrected chi connectivity index (χ4v) is 3.90. The molecule has 8 heteroatoms. The summed E-state index contributed by atoms with van der Waals surface area (Å²) >= 11 is 0. The lowest BCUT2D eigenvalue weighted by atomic mass is 9.82.